The van der Waals surface area contributed by atoms with Crippen LogP contribution in [0.4, 0.5) is 11.4 Å². The van der Waals surface area contributed by atoms with Crippen LogP contribution in [0, 0.1) is 0 Å². The molecule has 2 aromatic rings. The van der Waals surface area contributed by atoms with E-state index < -0.39 is 5.97 Å². The Bertz CT molecular complexity index is 704. The molecule has 0 saturated heterocycles. The Labute approximate surface area is 139 Å². The van der Waals surface area contributed by atoms with Crippen molar-refractivity contribution in [2.45, 2.75) is 4.90 Å². The van der Waals surface area contributed by atoms with E-state index in [1.165, 1.54) is 0 Å². The second-order valence-electron chi connectivity index (χ2n) is 4.65. The summed E-state index contributed by atoms with van der Waals surface area (Å²) in [6.45, 7) is -0.333. The highest BCUT2D eigenvalue weighted by Gasteiger charge is 2.13. The predicted octanol–water partition coefficient (Wildman–Crippen LogP) is 3.25. The SMILES string of the molecule is CNc1ccccc1C(=O)OCC(=O)Nc1cccc(SC)c1. The van der Waals surface area contributed by atoms with Crippen LogP contribution < -0.4 is 10.6 Å². The first kappa shape index (κ1) is 16.9. The van der Waals surface area contributed by atoms with Gasteiger partial charge >= 0.3 is 5.97 Å². The summed E-state index contributed by atoms with van der Waals surface area (Å²) in [6.07, 6.45) is 1.96. The zero-order chi connectivity index (χ0) is 16.7. The van der Waals surface area contributed by atoms with E-state index in [1.54, 1.807) is 43.1 Å². The third kappa shape index (κ3) is 4.75. The molecule has 23 heavy (non-hydrogen) atoms. The Kier molecular flexibility index (Phi) is 6.05. The third-order valence-electron chi connectivity index (χ3n) is 3.10. The fourth-order valence-corrected chi connectivity index (χ4v) is 2.45. The fourth-order valence-electron chi connectivity index (χ4n) is 1.99. The smallest absolute Gasteiger partial charge is 0.340 e. The number of carbonyl (C=O) groups is 2. The highest BCUT2D eigenvalue weighted by Crippen LogP contribution is 2.19. The summed E-state index contributed by atoms with van der Waals surface area (Å²) < 4.78 is 5.06. The largest absolute Gasteiger partial charge is 0.452 e. The number of anilines is 2. The van der Waals surface area contributed by atoms with Gasteiger partial charge in [-0.05, 0) is 36.6 Å². The van der Waals surface area contributed by atoms with Crippen LogP contribution >= 0.6 is 11.8 Å². The lowest BCUT2D eigenvalue weighted by Gasteiger charge is -2.10. The molecule has 0 aromatic heterocycles. The van der Waals surface area contributed by atoms with Crippen molar-refractivity contribution in [1.82, 2.24) is 0 Å². The zero-order valence-electron chi connectivity index (χ0n) is 13.0. The Morgan fingerprint density at radius 1 is 1.13 bits per heavy atom. The van der Waals surface area contributed by atoms with Gasteiger partial charge in [0.2, 0.25) is 0 Å². The molecule has 2 N–H and O–H groups in total. The van der Waals surface area contributed by atoms with Crippen molar-refractivity contribution in [1.29, 1.82) is 0 Å². The van der Waals surface area contributed by atoms with Gasteiger partial charge in [-0.15, -0.1) is 11.8 Å². The maximum absolute atomic E-state index is 12.0. The molecule has 0 aliphatic rings. The molecule has 0 aliphatic heterocycles. The summed E-state index contributed by atoms with van der Waals surface area (Å²) in [4.78, 5) is 25.0. The maximum atomic E-state index is 12.0. The highest BCUT2D eigenvalue weighted by molar-refractivity contribution is 7.98. The van der Waals surface area contributed by atoms with Gasteiger partial charge in [0.25, 0.3) is 5.91 Å². The van der Waals surface area contributed by atoms with Crippen molar-refractivity contribution in [3.8, 4) is 0 Å². The summed E-state index contributed by atoms with van der Waals surface area (Å²) >= 11 is 1.59. The molecule has 0 heterocycles. The predicted molar refractivity (Wildman–Crippen MR) is 93.1 cm³/mol. The van der Waals surface area contributed by atoms with Gasteiger partial charge < -0.3 is 15.4 Å². The standard InChI is InChI=1S/C17H18N2O3S/c1-18-15-9-4-3-8-14(15)17(21)22-11-16(20)19-12-6-5-7-13(10-12)23-2/h3-10,18H,11H2,1-2H3,(H,19,20). The van der Waals surface area contributed by atoms with Crippen LogP contribution in [0.5, 0.6) is 0 Å². The van der Waals surface area contributed by atoms with Crippen molar-refractivity contribution in [2.75, 3.05) is 30.5 Å². The molecule has 0 saturated carbocycles. The normalized spacial score (nSPS) is 10.0. The molecule has 6 heteroatoms. The molecular weight excluding hydrogens is 312 g/mol. The lowest BCUT2D eigenvalue weighted by Crippen LogP contribution is -2.21. The molecule has 2 aromatic carbocycles. The van der Waals surface area contributed by atoms with Gasteiger partial charge in [-0.2, -0.15) is 0 Å². The van der Waals surface area contributed by atoms with E-state index in [1.807, 2.05) is 30.5 Å². The lowest BCUT2D eigenvalue weighted by atomic mass is 10.2. The summed E-state index contributed by atoms with van der Waals surface area (Å²) in [6, 6.07) is 14.4. The van der Waals surface area contributed by atoms with Crippen molar-refractivity contribution in [2.24, 2.45) is 0 Å². The number of hydrogen-bond donors (Lipinski definition) is 2. The van der Waals surface area contributed by atoms with Gasteiger partial charge in [0.05, 0.1) is 5.56 Å². The Balaban J connectivity index is 1.92. The van der Waals surface area contributed by atoms with Crippen molar-refractivity contribution in [3.05, 3.63) is 54.1 Å². The van der Waals surface area contributed by atoms with Crippen LogP contribution in [0.15, 0.2) is 53.4 Å². The van der Waals surface area contributed by atoms with Crippen LogP contribution in [0.1, 0.15) is 10.4 Å². The molecule has 5 nitrogen and oxygen atoms in total. The van der Waals surface area contributed by atoms with Crippen molar-refractivity contribution >= 4 is 35.0 Å². The highest BCUT2D eigenvalue weighted by atomic mass is 32.2. The van der Waals surface area contributed by atoms with Gasteiger partial charge in [0.15, 0.2) is 6.61 Å². The van der Waals surface area contributed by atoms with E-state index in [0.29, 0.717) is 16.9 Å². The fraction of sp³-hybridized carbons (Fsp3) is 0.176. The number of rotatable bonds is 6. The minimum atomic E-state index is -0.539. The van der Waals surface area contributed by atoms with E-state index in [0.717, 1.165) is 4.90 Å². The lowest BCUT2D eigenvalue weighted by molar-refractivity contribution is -0.119. The van der Waals surface area contributed by atoms with Gasteiger partial charge in [-0.3, -0.25) is 4.79 Å². The molecule has 120 valence electrons. The Morgan fingerprint density at radius 3 is 2.65 bits per heavy atom. The molecule has 0 spiro atoms. The Morgan fingerprint density at radius 2 is 1.91 bits per heavy atom. The number of benzene rings is 2. The first-order chi connectivity index (χ1) is 11.1. The first-order valence-electron chi connectivity index (χ1n) is 7.02. The van der Waals surface area contributed by atoms with Crippen LogP contribution in [-0.2, 0) is 9.53 Å². The summed E-state index contributed by atoms with van der Waals surface area (Å²) in [7, 11) is 1.72. The van der Waals surface area contributed by atoms with Crippen LogP contribution in [0.2, 0.25) is 0 Å². The maximum Gasteiger partial charge on any atom is 0.340 e. The molecule has 0 aliphatic carbocycles. The number of para-hydroxylation sites is 1. The van der Waals surface area contributed by atoms with Gasteiger partial charge in [0, 0.05) is 23.3 Å². The molecule has 0 unspecified atom stereocenters. The average molecular weight is 330 g/mol. The molecule has 0 atom stereocenters. The second-order valence-corrected chi connectivity index (χ2v) is 5.53. The van der Waals surface area contributed by atoms with Gasteiger partial charge in [0.1, 0.15) is 0 Å². The number of esters is 1. The number of ether oxygens (including phenoxy) is 1. The van der Waals surface area contributed by atoms with E-state index in [4.69, 9.17) is 4.74 Å². The number of nitrogens with one attached hydrogen (secondary N) is 2. The van der Waals surface area contributed by atoms with E-state index in [2.05, 4.69) is 10.6 Å². The molecule has 1 amide bonds. The van der Waals surface area contributed by atoms with Crippen LogP contribution in [0.25, 0.3) is 0 Å². The number of carbonyl (C=O) groups excluding carboxylic acids is 2. The second kappa shape index (κ2) is 8.24. The average Bonchev–Trinajstić information content (AvgIpc) is 2.59. The summed E-state index contributed by atoms with van der Waals surface area (Å²) in [5.74, 6) is -0.915. The van der Waals surface area contributed by atoms with E-state index in [9.17, 15) is 9.59 Å². The number of amides is 1. The topological polar surface area (TPSA) is 67.4 Å². The van der Waals surface area contributed by atoms with E-state index in [-0.39, 0.29) is 12.5 Å². The van der Waals surface area contributed by atoms with Crippen molar-refractivity contribution < 1.29 is 14.3 Å². The zero-order valence-corrected chi connectivity index (χ0v) is 13.8. The quantitative estimate of drug-likeness (QED) is 0.629. The van der Waals surface area contributed by atoms with Gasteiger partial charge in [-0.1, -0.05) is 18.2 Å². The molecule has 0 bridgehead atoms. The van der Waals surface area contributed by atoms with E-state index >= 15 is 0 Å². The monoisotopic (exact) mass is 330 g/mol. The molecule has 2 rings (SSSR count). The molecule has 0 fully saturated rings. The molecule has 0 radical (unpaired) electrons. The van der Waals surface area contributed by atoms with Crippen LogP contribution in [0.3, 0.4) is 0 Å². The summed E-state index contributed by atoms with van der Waals surface area (Å²) in [5, 5.41) is 5.62. The van der Waals surface area contributed by atoms with Crippen molar-refractivity contribution in [3.63, 3.8) is 0 Å². The Hall–Kier alpha value is -2.47. The molecular formula is C17H18N2O3S. The van der Waals surface area contributed by atoms with Gasteiger partial charge in [-0.25, -0.2) is 4.79 Å². The van der Waals surface area contributed by atoms with Crippen LogP contribution in [-0.4, -0.2) is 31.8 Å². The minimum absolute atomic E-state index is 0.333. The number of hydrogen-bond acceptors (Lipinski definition) is 5. The minimum Gasteiger partial charge on any atom is -0.452 e. The third-order valence-corrected chi connectivity index (χ3v) is 3.83. The summed E-state index contributed by atoms with van der Waals surface area (Å²) in [5.41, 5.74) is 1.73. The number of thioether (sulfide) groups is 1. The first-order valence-corrected chi connectivity index (χ1v) is 8.24.